The number of rotatable bonds is 5. The van der Waals surface area contributed by atoms with E-state index >= 15 is 0 Å². The number of hydrogen-bond donors (Lipinski definition) is 0. The van der Waals surface area contributed by atoms with Crippen LogP contribution in [0, 0.1) is 11.8 Å². The summed E-state index contributed by atoms with van der Waals surface area (Å²) in [5, 5.41) is 0. The molecule has 4 heteroatoms. The summed E-state index contributed by atoms with van der Waals surface area (Å²) < 4.78 is 0. The molecule has 0 bridgehead atoms. The Kier molecular flexibility index (Phi) is 4.38. The fraction of sp³-hybridized carbons (Fsp3) is 0.857. The predicted molar refractivity (Wildman–Crippen MR) is 70.0 cm³/mol. The van der Waals surface area contributed by atoms with Gasteiger partial charge in [-0.15, -0.1) is 0 Å². The molecular weight excluding hydrogens is 228 g/mol. The average molecular weight is 252 g/mol. The number of carbonyl (C=O) groups excluding carboxylic acids is 2. The quantitative estimate of drug-likeness (QED) is 0.696. The topological polar surface area (TPSA) is 40.6 Å². The number of fused-ring (bicyclic) bond motifs is 1. The molecule has 0 spiro atoms. The first-order valence-corrected chi connectivity index (χ1v) is 7.26. The summed E-state index contributed by atoms with van der Waals surface area (Å²) >= 11 is 0. The van der Waals surface area contributed by atoms with Crippen LogP contribution in [0.3, 0.4) is 0 Å². The fourth-order valence-electron chi connectivity index (χ4n) is 3.23. The van der Waals surface area contributed by atoms with E-state index in [9.17, 15) is 9.59 Å². The minimum Gasteiger partial charge on any atom is -0.302 e. The summed E-state index contributed by atoms with van der Waals surface area (Å²) in [6.07, 6.45) is 4.03. The van der Waals surface area contributed by atoms with Crippen molar-refractivity contribution in [3.63, 3.8) is 0 Å². The molecule has 0 radical (unpaired) electrons. The van der Waals surface area contributed by atoms with Gasteiger partial charge in [-0.2, -0.15) is 0 Å². The van der Waals surface area contributed by atoms with Crippen LogP contribution in [0.1, 0.15) is 39.5 Å². The third kappa shape index (κ3) is 2.44. The van der Waals surface area contributed by atoms with Crippen molar-refractivity contribution >= 4 is 11.8 Å². The molecule has 2 amide bonds. The number of carbonyl (C=O) groups is 2. The maximum atomic E-state index is 12.2. The third-order valence-corrected chi connectivity index (χ3v) is 4.47. The summed E-state index contributed by atoms with van der Waals surface area (Å²) in [5.41, 5.74) is 0. The molecule has 1 saturated carbocycles. The van der Waals surface area contributed by atoms with E-state index in [-0.39, 0.29) is 23.7 Å². The van der Waals surface area contributed by atoms with Crippen LogP contribution in [0.15, 0.2) is 0 Å². The molecular formula is C14H24N2O2. The van der Waals surface area contributed by atoms with Crippen molar-refractivity contribution in [2.45, 2.75) is 39.5 Å². The number of likely N-dealkylation sites (tertiary alicyclic amines) is 1. The standard InChI is InChI=1S/C14H24N2O2/c1-3-15(4-2)9-10-16-13(17)11-7-5-6-8-12(11)14(16)18/h11-12H,3-10H2,1-2H3. The number of imide groups is 1. The van der Waals surface area contributed by atoms with Crippen molar-refractivity contribution in [1.29, 1.82) is 0 Å². The van der Waals surface area contributed by atoms with E-state index in [1.165, 1.54) is 4.90 Å². The van der Waals surface area contributed by atoms with Crippen LogP contribution in [0.4, 0.5) is 0 Å². The summed E-state index contributed by atoms with van der Waals surface area (Å²) in [6.45, 7) is 7.54. The molecule has 2 atom stereocenters. The second-order valence-electron chi connectivity index (χ2n) is 5.35. The predicted octanol–water partition coefficient (Wildman–Crippen LogP) is 1.50. The van der Waals surface area contributed by atoms with E-state index in [4.69, 9.17) is 0 Å². The molecule has 2 rings (SSSR count). The van der Waals surface area contributed by atoms with E-state index in [0.29, 0.717) is 6.54 Å². The third-order valence-electron chi connectivity index (χ3n) is 4.47. The Labute approximate surface area is 109 Å². The zero-order valence-electron chi connectivity index (χ0n) is 11.5. The van der Waals surface area contributed by atoms with Crippen molar-refractivity contribution in [2.24, 2.45) is 11.8 Å². The van der Waals surface area contributed by atoms with Crippen LogP contribution in [-0.2, 0) is 9.59 Å². The van der Waals surface area contributed by atoms with Gasteiger partial charge < -0.3 is 4.90 Å². The Bertz CT molecular complexity index is 302. The molecule has 18 heavy (non-hydrogen) atoms. The molecule has 2 fully saturated rings. The number of nitrogens with zero attached hydrogens (tertiary/aromatic N) is 2. The van der Waals surface area contributed by atoms with Gasteiger partial charge in [0.1, 0.15) is 0 Å². The summed E-state index contributed by atoms with van der Waals surface area (Å²) in [4.78, 5) is 28.2. The second-order valence-corrected chi connectivity index (χ2v) is 5.35. The molecule has 1 saturated heterocycles. The second kappa shape index (κ2) is 5.83. The van der Waals surface area contributed by atoms with Gasteiger partial charge in [-0.3, -0.25) is 14.5 Å². The van der Waals surface area contributed by atoms with Gasteiger partial charge in [0.15, 0.2) is 0 Å². The smallest absolute Gasteiger partial charge is 0.233 e. The van der Waals surface area contributed by atoms with Gasteiger partial charge >= 0.3 is 0 Å². The number of likely N-dealkylation sites (N-methyl/N-ethyl adjacent to an activating group) is 1. The van der Waals surface area contributed by atoms with E-state index in [1.54, 1.807) is 0 Å². The van der Waals surface area contributed by atoms with Crippen LogP contribution < -0.4 is 0 Å². The lowest BCUT2D eigenvalue weighted by atomic mass is 9.81. The van der Waals surface area contributed by atoms with Crippen molar-refractivity contribution < 1.29 is 9.59 Å². The maximum absolute atomic E-state index is 12.2. The summed E-state index contributed by atoms with van der Waals surface area (Å²) in [6, 6.07) is 0. The van der Waals surface area contributed by atoms with Crippen LogP contribution in [0.5, 0.6) is 0 Å². The van der Waals surface area contributed by atoms with Crippen LogP contribution in [0.2, 0.25) is 0 Å². The largest absolute Gasteiger partial charge is 0.302 e. The Balaban J connectivity index is 1.96. The highest BCUT2D eigenvalue weighted by Crippen LogP contribution is 2.37. The van der Waals surface area contributed by atoms with Crippen LogP contribution >= 0.6 is 0 Å². The number of hydrogen-bond acceptors (Lipinski definition) is 3. The van der Waals surface area contributed by atoms with Gasteiger partial charge in [0.2, 0.25) is 11.8 Å². The summed E-state index contributed by atoms with van der Waals surface area (Å²) in [5.74, 6) is 0.194. The first-order valence-electron chi connectivity index (χ1n) is 7.26. The fourth-order valence-corrected chi connectivity index (χ4v) is 3.23. The molecule has 1 heterocycles. The van der Waals surface area contributed by atoms with E-state index in [0.717, 1.165) is 45.3 Å². The molecule has 2 unspecified atom stereocenters. The minimum absolute atomic E-state index is 0.00273. The average Bonchev–Trinajstić information content (AvgIpc) is 2.65. The molecule has 4 nitrogen and oxygen atoms in total. The molecule has 0 N–H and O–H groups in total. The Hall–Kier alpha value is -0.900. The summed E-state index contributed by atoms with van der Waals surface area (Å²) in [7, 11) is 0. The van der Waals surface area contributed by atoms with Crippen LogP contribution in [-0.4, -0.2) is 47.8 Å². The van der Waals surface area contributed by atoms with Gasteiger partial charge in [-0.25, -0.2) is 0 Å². The monoisotopic (exact) mass is 252 g/mol. The first kappa shape index (κ1) is 13.5. The minimum atomic E-state index is 0.00273. The van der Waals surface area contributed by atoms with Crippen molar-refractivity contribution in [1.82, 2.24) is 9.80 Å². The van der Waals surface area contributed by atoms with Crippen molar-refractivity contribution in [3.05, 3.63) is 0 Å². The zero-order valence-corrected chi connectivity index (χ0v) is 11.5. The SMILES string of the molecule is CCN(CC)CCN1C(=O)C2CCCCC2C1=O. The highest BCUT2D eigenvalue weighted by atomic mass is 16.2. The molecule has 0 aromatic heterocycles. The molecule has 102 valence electrons. The Morgan fingerprint density at radius 1 is 1.06 bits per heavy atom. The highest BCUT2D eigenvalue weighted by molar-refractivity contribution is 6.05. The number of amides is 2. The Morgan fingerprint density at radius 3 is 2.00 bits per heavy atom. The van der Waals surface area contributed by atoms with E-state index < -0.39 is 0 Å². The molecule has 1 aliphatic heterocycles. The Morgan fingerprint density at radius 2 is 1.56 bits per heavy atom. The zero-order chi connectivity index (χ0) is 13.1. The van der Waals surface area contributed by atoms with Gasteiger partial charge in [0, 0.05) is 13.1 Å². The van der Waals surface area contributed by atoms with E-state index in [1.807, 2.05) is 0 Å². The highest BCUT2D eigenvalue weighted by Gasteiger charge is 2.47. The van der Waals surface area contributed by atoms with Crippen LogP contribution in [0.25, 0.3) is 0 Å². The maximum Gasteiger partial charge on any atom is 0.233 e. The molecule has 0 aromatic carbocycles. The van der Waals surface area contributed by atoms with Gasteiger partial charge in [0.05, 0.1) is 11.8 Å². The molecule has 2 aliphatic rings. The van der Waals surface area contributed by atoms with Gasteiger partial charge in [-0.05, 0) is 25.9 Å². The first-order chi connectivity index (χ1) is 8.69. The normalized spacial score (nSPS) is 28.1. The molecule has 1 aliphatic carbocycles. The van der Waals surface area contributed by atoms with Crippen molar-refractivity contribution in [3.8, 4) is 0 Å². The lowest BCUT2D eigenvalue weighted by molar-refractivity contribution is -0.140. The molecule has 0 aromatic rings. The van der Waals surface area contributed by atoms with Gasteiger partial charge in [-0.1, -0.05) is 26.7 Å². The lowest BCUT2D eigenvalue weighted by Gasteiger charge is -2.22. The lowest BCUT2D eigenvalue weighted by Crippen LogP contribution is -2.38. The van der Waals surface area contributed by atoms with Crippen molar-refractivity contribution in [2.75, 3.05) is 26.2 Å². The van der Waals surface area contributed by atoms with Gasteiger partial charge in [0.25, 0.3) is 0 Å². The van der Waals surface area contributed by atoms with E-state index in [2.05, 4.69) is 18.7 Å².